The summed E-state index contributed by atoms with van der Waals surface area (Å²) in [5.41, 5.74) is 3.51. The smallest absolute Gasteiger partial charge is 0.0442 e. The molecule has 0 saturated heterocycles. The first kappa shape index (κ1) is 12.9. The lowest BCUT2D eigenvalue weighted by molar-refractivity contribution is 0.0477. The van der Waals surface area contributed by atoms with E-state index in [1.807, 2.05) is 0 Å². The van der Waals surface area contributed by atoms with Crippen molar-refractivity contribution in [1.82, 2.24) is 10.3 Å². The molecule has 0 heterocycles. The van der Waals surface area contributed by atoms with Crippen LogP contribution in [0.15, 0.2) is 0 Å². The van der Waals surface area contributed by atoms with E-state index in [-0.39, 0.29) is 11.0 Å². The van der Waals surface area contributed by atoms with Crippen molar-refractivity contribution in [1.29, 1.82) is 0 Å². The summed E-state index contributed by atoms with van der Waals surface area (Å²) < 4.78 is 0. The van der Waals surface area contributed by atoms with Crippen molar-refractivity contribution in [3.8, 4) is 0 Å². The van der Waals surface area contributed by atoms with Crippen LogP contribution in [0, 0.1) is 5.41 Å². The fourth-order valence-electron chi connectivity index (χ4n) is 3.19. The summed E-state index contributed by atoms with van der Waals surface area (Å²) in [7, 11) is 4.36. The average molecular weight is 213 g/mol. The van der Waals surface area contributed by atoms with Crippen LogP contribution in [-0.4, -0.2) is 30.6 Å². The number of nitrogens with one attached hydrogen (secondary N) is 1. The highest BCUT2D eigenvalue weighted by Gasteiger charge is 2.47. The Morgan fingerprint density at radius 1 is 1.20 bits per heavy atom. The van der Waals surface area contributed by atoms with Crippen LogP contribution < -0.4 is 11.3 Å². The maximum atomic E-state index is 5.79. The molecule has 1 unspecified atom stereocenters. The van der Waals surface area contributed by atoms with Gasteiger partial charge in [-0.3, -0.25) is 11.3 Å². The molecule has 0 aliphatic heterocycles. The number of hydrogen-bond acceptors (Lipinski definition) is 3. The molecule has 1 rings (SSSR count). The maximum Gasteiger partial charge on any atom is 0.0442 e. The van der Waals surface area contributed by atoms with Gasteiger partial charge in [0.25, 0.3) is 0 Å². The highest BCUT2D eigenvalue weighted by molar-refractivity contribution is 5.05. The van der Waals surface area contributed by atoms with Crippen LogP contribution in [0.25, 0.3) is 0 Å². The zero-order valence-corrected chi connectivity index (χ0v) is 10.9. The average Bonchev–Trinajstić information content (AvgIpc) is 2.52. The van der Waals surface area contributed by atoms with Crippen molar-refractivity contribution in [2.75, 3.05) is 14.1 Å². The fraction of sp³-hybridized carbons (Fsp3) is 1.00. The summed E-state index contributed by atoms with van der Waals surface area (Å²) in [5.74, 6) is 5.79. The second-order valence-corrected chi connectivity index (χ2v) is 6.17. The number of rotatable bonds is 3. The molecule has 0 spiro atoms. The molecule has 1 aliphatic rings. The third kappa shape index (κ3) is 2.35. The van der Waals surface area contributed by atoms with E-state index < -0.39 is 0 Å². The zero-order chi connectivity index (χ0) is 11.7. The first-order valence-corrected chi connectivity index (χ1v) is 5.98. The molecule has 0 aromatic heterocycles. The minimum Gasteiger partial charge on any atom is -0.302 e. The van der Waals surface area contributed by atoms with Gasteiger partial charge in [0.15, 0.2) is 0 Å². The van der Waals surface area contributed by atoms with Gasteiger partial charge < -0.3 is 4.90 Å². The van der Waals surface area contributed by atoms with Crippen LogP contribution in [0.1, 0.15) is 46.5 Å². The molecule has 90 valence electrons. The number of hydrogen-bond donors (Lipinski definition) is 2. The number of nitrogens with zero attached hydrogens (tertiary/aromatic N) is 1. The Morgan fingerprint density at radius 3 is 1.93 bits per heavy atom. The summed E-state index contributed by atoms with van der Waals surface area (Å²) in [4.78, 5) is 2.37. The Morgan fingerprint density at radius 2 is 1.67 bits per heavy atom. The standard InChI is InChI=1S/C12H27N3/c1-11(2,3)10(14-13)12(15(4)5)8-6-7-9-12/h10,14H,6-9,13H2,1-5H3. The molecule has 3 N–H and O–H groups in total. The lowest BCUT2D eigenvalue weighted by Gasteiger charge is -2.48. The third-order valence-corrected chi connectivity index (χ3v) is 3.93. The van der Waals surface area contributed by atoms with Gasteiger partial charge in [-0.05, 0) is 32.4 Å². The van der Waals surface area contributed by atoms with E-state index in [1.165, 1.54) is 25.7 Å². The molecular weight excluding hydrogens is 186 g/mol. The summed E-state index contributed by atoms with van der Waals surface area (Å²) in [5, 5.41) is 0. The molecule has 1 fully saturated rings. The molecule has 0 radical (unpaired) electrons. The van der Waals surface area contributed by atoms with Gasteiger partial charge in [0.1, 0.15) is 0 Å². The molecule has 0 aromatic rings. The normalized spacial score (nSPS) is 23.4. The molecule has 1 atom stereocenters. The number of hydrazine groups is 1. The molecule has 0 amide bonds. The van der Waals surface area contributed by atoms with Crippen LogP contribution in [0.4, 0.5) is 0 Å². The fourth-order valence-corrected chi connectivity index (χ4v) is 3.19. The van der Waals surface area contributed by atoms with Gasteiger partial charge in [-0.2, -0.15) is 0 Å². The van der Waals surface area contributed by atoms with E-state index in [9.17, 15) is 0 Å². The molecule has 3 nitrogen and oxygen atoms in total. The first-order valence-electron chi connectivity index (χ1n) is 5.98. The van der Waals surface area contributed by atoms with Crippen molar-refractivity contribution < 1.29 is 0 Å². The predicted octanol–water partition coefficient (Wildman–Crippen LogP) is 1.74. The summed E-state index contributed by atoms with van der Waals surface area (Å²) >= 11 is 0. The second kappa shape index (κ2) is 4.40. The molecule has 1 saturated carbocycles. The molecule has 0 aromatic carbocycles. The largest absolute Gasteiger partial charge is 0.302 e. The lowest BCUT2D eigenvalue weighted by atomic mass is 9.73. The maximum absolute atomic E-state index is 5.79. The summed E-state index contributed by atoms with van der Waals surface area (Å²) in [6.07, 6.45) is 5.16. The predicted molar refractivity (Wildman–Crippen MR) is 65.5 cm³/mol. The van der Waals surface area contributed by atoms with Crippen LogP contribution in [0.3, 0.4) is 0 Å². The van der Waals surface area contributed by atoms with E-state index in [1.54, 1.807) is 0 Å². The van der Waals surface area contributed by atoms with Gasteiger partial charge in [0.2, 0.25) is 0 Å². The van der Waals surface area contributed by atoms with Crippen LogP contribution in [0.2, 0.25) is 0 Å². The van der Waals surface area contributed by atoms with E-state index in [0.717, 1.165) is 0 Å². The van der Waals surface area contributed by atoms with E-state index in [0.29, 0.717) is 6.04 Å². The van der Waals surface area contributed by atoms with Gasteiger partial charge in [-0.1, -0.05) is 33.6 Å². The lowest BCUT2D eigenvalue weighted by Crippen LogP contribution is -2.64. The van der Waals surface area contributed by atoms with Gasteiger partial charge in [-0.15, -0.1) is 0 Å². The van der Waals surface area contributed by atoms with Crippen molar-refractivity contribution in [2.24, 2.45) is 11.3 Å². The highest BCUT2D eigenvalue weighted by atomic mass is 15.3. The van der Waals surface area contributed by atoms with Gasteiger partial charge in [0, 0.05) is 11.6 Å². The van der Waals surface area contributed by atoms with Gasteiger partial charge >= 0.3 is 0 Å². The van der Waals surface area contributed by atoms with Crippen molar-refractivity contribution >= 4 is 0 Å². The quantitative estimate of drug-likeness (QED) is 0.554. The Kier molecular flexibility index (Phi) is 3.80. The van der Waals surface area contributed by atoms with E-state index in [4.69, 9.17) is 5.84 Å². The van der Waals surface area contributed by atoms with Gasteiger partial charge in [-0.25, -0.2) is 0 Å². The zero-order valence-electron chi connectivity index (χ0n) is 10.9. The van der Waals surface area contributed by atoms with Crippen LogP contribution in [0.5, 0.6) is 0 Å². The molecule has 15 heavy (non-hydrogen) atoms. The van der Waals surface area contributed by atoms with Crippen LogP contribution in [-0.2, 0) is 0 Å². The Hall–Kier alpha value is -0.120. The summed E-state index contributed by atoms with van der Waals surface area (Å²) in [6, 6.07) is 0.350. The van der Waals surface area contributed by atoms with Crippen molar-refractivity contribution in [2.45, 2.75) is 58.0 Å². The third-order valence-electron chi connectivity index (χ3n) is 3.93. The first-order chi connectivity index (χ1) is 6.84. The minimum atomic E-state index is 0.198. The Balaban J connectivity index is 2.96. The summed E-state index contributed by atoms with van der Waals surface area (Å²) in [6.45, 7) is 6.79. The number of nitrogens with two attached hydrogens (primary N) is 1. The molecule has 3 heteroatoms. The molecule has 1 aliphatic carbocycles. The Bertz CT molecular complexity index is 199. The van der Waals surface area contributed by atoms with Crippen molar-refractivity contribution in [3.63, 3.8) is 0 Å². The minimum absolute atomic E-state index is 0.198. The van der Waals surface area contributed by atoms with Crippen LogP contribution >= 0.6 is 0 Å². The van der Waals surface area contributed by atoms with E-state index >= 15 is 0 Å². The second-order valence-electron chi connectivity index (χ2n) is 6.17. The Labute approximate surface area is 94.4 Å². The SMILES string of the molecule is CN(C)C1(C(NN)C(C)(C)C)CCCC1. The monoisotopic (exact) mass is 213 g/mol. The van der Waals surface area contributed by atoms with Gasteiger partial charge in [0.05, 0.1) is 0 Å². The topological polar surface area (TPSA) is 41.3 Å². The molecule has 0 bridgehead atoms. The molecular formula is C12H27N3. The van der Waals surface area contributed by atoms with E-state index in [2.05, 4.69) is 45.2 Å². The highest BCUT2D eigenvalue weighted by Crippen LogP contribution is 2.42. The van der Waals surface area contributed by atoms with Crippen molar-refractivity contribution in [3.05, 3.63) is 0 Å². The number of likely N-dealkylation sites (N-methyl/N-ethyl adjacent to an activating group) is 1.